The van der Waals surface area contributed by atoms with E-state index < -0.39 is 17.9 Å². The Labute approximate surface area is 101 Å². The van der Waals surface area contributed by atoms with Gasteiger partial charge in [-0.15, -0.1) is 11.3 Å². The van der Waals surface area contributed by atoms with Crippen molar-refractivity contribution in [2.75, 3.05) is 0 Å². The van der Waals surface area contributed by atoms with Crippen LogP contribution in [0.4, 0.5) is 4.79 Å². The number of rotatable bonds is 4. The summed E-state index contributed by atoms with van der Waals surface area (Å²) in [6.45, 7) is 0.319. The van der Waals surface area contributed by atoms with Crippen molar-refractivity contribution in [3.8, 4) is 0 Å². The molecule has 0 saturated carbocycles. The Morgan fingerprint density at radius 1 is 1.35 bits per heavy atom. The van der Waals surface area contributed by atoms with Gasteiger partial charge in [-0.1, -0.05) is 6.07 Å². The minimum atomic E-state index is -1.25. The molecule has 0 aromatic carbocycles. The number of hydrogen-bond donors (Lipinski definition) is 3. The molecular weight excluding hydrogens is 244 g/mol. The van der Waals surface area contributed by atoms with Gasteiger partial charge in [0.05, 0.1) is 6.54 Å². The number of carbonyl (C=O) groups excluding carboxylic acids is 2. The lowest BCUT2D eigenvalue weighted by molar-refractivity contribution is -0.131. The molecule has 0 atom stereocenters. The molecule has 1 aromatic heterocycles. The second kappa shape index (κ2) is 6.44. The number of thiophene rings is 1. The van der Waals surface area contributed by atoms with Crippen molar-refractivity contribution in [2.45, 2.75) is 6.54 Å². The van der Waals surface area contributed by atoms with Gasteiger partial charge >= 0.3 is 12.0 Å². The van der Waals surface area contributed by atoms with E-state index in [2.05, 4.69) is 5.32 Å². The van der Waals surface area contributed by atoms with Crippen LogP contribution >= 0.6 is 11.3 Å². The molecule has 3 N–H and O–H groups in total. The molecule has 1 aromatic rings. The molecule has 0 saturated heterocycles. The van der Waals surface area contributed by atoms with Gasteiger partial charge in [-0.25, -0.2) is 9.59 Å². The first-order valence-corrected chi connectivity index (χ1v) is 5.48. The van der Waals surface area contributed by atoms with Crippen molar-refractivity contribution in [1.29, 1.82) is 0 Å². The molecular formula is C10H10N2O4S. The standard InChI is InChI=1S/C10H10N2O4S/c13-8(3-4-9(14)15)12-10(16)11-6-7-2-1-5-17-7/h1-5H,6H2,(H,14,15)(H2,11,12,13,16)/b4-3+. The Kier molecular flexibility index (Phi) is 4.89. The Morgan fingerprint density at radius 3 is 2.71 bits per heavy atom. The molecule has 1 rings (SSSR count). The summed E-state index contributed by atoms with van der Waals surface area (Å²) < 4.78 is 0. The van der Waals surface area contributed by atoms with Crippen LogP contribution in [-0.2, 0) is 16.1 Å². The molecule has 17 heavy (non-hydrogen) atoms. The van der Waals surface area contributed by atoms with E-state index in [1.807, 2.05) is 22.8 Å². The highest BCUT2D eigenvalue weighted by Gasteiger charge is 2.04. The van der Waals surface area contributed by atoms with Crippen LogP contribution in [0, 0.1) is 0 Å². The highest BCUT2D eigenvalue weighted by Crippen LogP contribution is 2.06. The zero-order chi connectivity index (χ0) is 12.7. The third kappa shape index (κ3) is 5.47. The molecule has 1 heterocycles. The lowest BCUT2D eigenvalue weighted by atomic mass is 10.4. The number of aliphatic carboxylic acids is 1. The zero-order valence-corrected chi connectivity index (χ0v) is 9.49. The summed E-state index contributed by atoms with van der Waals surface area (Å²) in [5, 5.41) is 14.6. The van der Waals surface area contributed by atoms with Gasteiger partial charge in [-0.05, 0) is 11.4 Å². The minimum absolute atomic E-state index is 0.319. The normalized spacial score (nSPS) is 10.1. The van der Waals surface area contributed by atoms with Crippen molar-refractivity contribution in [3.05, 3.63) is 34.5 Å². The molecule has 0 aliphatic heterocycles. The molecule has 0 aliphatic carbocycles. The Bertz CT molecular complexity index is 439. The van der Waals surface area contributed by atoms with Gasteiger partial charge in [-0.2, -0.15) is 0 Å². The highest BCUT2D eigenvalue weighted by molar-refractivity contribution is 7.09. The maximum atomic E-state index is 11.2. The van der Waals surface area contributed by atoms with E-state index in [1.165, 1.54) is 11.3 Å². The number of carbonyl (C=O) groups is 3. The molecule has 7 heteroatoms. The van der Waals surface area contributed by atoms with E-state index in [4.69, 9.17) is 5.11 Å². The first-order valence-electron chi connectivity index (χ1n) is 4.60. The van der Waals surface area contributed by atoms with E-state index >= 15 is 0 Å². The molecule has 0 fully saturated rings. The third-order valence-corrected chi connectivity index (χ3v) is 2.49. The Hall–Kier alpha value is -2.15. The molecule has 0 unspecified atom stereocenters. The van der Waals surface area contributed by atoms with Gasteiger partial charge in [-0.3, -0.25) is 10.1 Å². The molecule has 0 bridgehead atoms. The first kappa shape index (κ1) is 12.9. The summed E-state index contributed by atoms with van der Waals surface area (Å²) in [7, 11) is 0. The third-order valence-electron chi connectivity index (χ3n) is 1.62. The van der Waals surface area contributed by atoms with Crippen molar-refractivity contribution in [3.63, 3.8) is 0 Å². The second-order valence-electron chi connectivity index (χ2n) is 2.92. The fourth-order valence-corrected chi connectivity index (χ4v) is 1.57. The summed E-state index contributed by atoms with van der Waals surface area (Å²) in [6, 6.07) is 3.02. The second-order valence-corrected chi connectivity index (χ2v) is 3.96. The van der Waals surface area contributed by atoms with Crippen LogP contribution in [0.25, 0.3) is 0 Å². The quantitative estimate of drug-likeness (QED) is 0.690. The summed E-state index contributed by atoms with van der Waals surface area (Å²) >= 11 is 1.48. The smallest absolute Gasteiger partial charge is 0.328 e. The number of carboxylic acid groups (broad SMARTS) is 1. The molecule has 3 amide bonds. The maximum Gasteiger partial charge on any atom is 0.328 e. The summed E-state index contributed by atoms with van der Waals surface area (Å²) in [6.07, 6.45) is 1.43. The van der Waals surface area contributed by atoms with E-state index in [0.29, 0.717) is 12.6 Å². The van der Waals surface area contributed by atoms with Gasteiger partial charge in [0.1, 0.15) is 0 Å². The largest absolute Gasteiger partial charge is 0.478 e. The monoisotopic (exact) mass is 254 g/mol. The number of amides is 3. The SMILES string of the molecule is O=C(O)/C=C/C(=O)NC(=O)NCc1cccs1. The summed E-state index contributed by atoms with van der Waals surface area (Å²) in [4.78, 5) is 33.2. The molecule has 90 valence electrons. The number of urea groups is 1. The Morgan fingerprint density at radius 2 is 2.12 bits per heavy atom. The molecule has 0 aliphatic rings. The van der Waals surface area contributed by atoms with Crippen LogP contribution in [0.5, 0.6) is 0 Å². The van der Waals surface area contributed by atoms with E-state index in [0.717, 1.165) is 11.0 Å². The molecule has 6 nitrogen and oxygen atoms in total. The van der Waals surface area contributed by atoms with Gasteiger partial charge in [0, 0.05) is 17.0 Å². The lowest BCUT2D eigenvalue weighted by Gasteiger charge is -2.02. The maximum absolute atomic E-state index is 11.2. The minimum Gasteiger partial charge on any atom is -0.478 e. The number of nitrogens with one attached hydrogen (secondary N) is 2. The predicted molar refractivity (Wildman–Crippen MR) is 61.5 cm³/mol. The van der Waals surface area contributed by atoms with Crippen LogP contribution in [0.1, 0.15) is 4.88 Å². The van der Waals surface area contributed by atoms with Crippen LogP contribution in [0.3, 0.4) is 0 Å². The molecule has 0 radical (unpaired) electrons. The average Bonchev–Trinajstić information content (AvgIpc) is 2.76. The van der Waals surface area contributed by atoms with Crippen molar-refractivity contribution in [1.82, 2.24) is 10.6 Å². The number of hydrogen-bond acceptors (Lipinski definition) is 4. The van der Waals surface area contributed by atoms with Crippen LogP contribution in [-0.4, -0.2) is 23.0 Å². The van der Waals surface area contributed by atoms with Gasteiger partial charge in [0.25, 0.3) is 5.91 Å². The predicted octanol–water partition coefficient (Wildman–Crippen LogP) is 0.715. The van der Waals surface area contributed by atoms with Crippen molar-refractivity contribution < 1.29 is 19.5 Å². The number of carboxylic acids is 1. The van der Waals surface area contributed by atoms with Crippen LogP contribution in [0.15, 0.2) is 29.7 Å². The van der Waals surface area contributed by atoms with Gasteiger partial charge in [0.2, 0.25) is 0 Å². The highest BCUT2D eigenvalue weighted by atomic mass is 32.1. The van der Waals surface area contributed by atoms with Crippen LogP contribution in [0.2, 0.25) is 0 Å². The first-order chi connectivity index (χ1) is 8.08. The summed E-state index contributed by atoms with van der Waals surface area (Å²) in [5.74, 6) is -2.03. The summed E-state index contributed by atoms with van der Waals surface area (Å²) in [5.41, 5.74) is 0. The van der Waals surface area contributed by atoms with Gasteiger partial charge in [0.15, 0.2) is 0 Å². The lowest BCUT2D eigenvalue weighted by Crippen LogP contribution is -2.38. The fourth-order valence-electron chi connectivity index (χ4n) is 0.925. The molecule has 0 spiro atoms. The van der Waals surface area contributed by atoms with Crippen LogP contribution < -0.4 is 10.6 Å². The van der Waals surface area contributed by atoms with Crippen molar-refractivity contribution in [2.24, 2.45) is 0 Å². The Balaban J connectivity index is 2.29. The van der Waals surface area contributed by atoms with E-state index in [9.17, 15) is 14.4 Å². The van der Waals surface area contributed by atoms with Crippen molar-refractivity contribution >= 4 is 29.2 Å². The van der Waals surface area contributed by atoms with Gasteiger partial charge < -0.3 is 10.4 Å². The zero-order valence-electron chi connectivity index (χ0n) is 8.67. The number of imide groups is 1. The van der Waals surface area contributed by atoms with E-state index in [1.54, 1.807) is 0 Å². The average molecular weight is 254 g/mol. The van der Waals surface area contributed by atoms with E-state index in [-0.39, 0.29) is 0 Å². The fraction of sp³-hybridized carbons (Fsp3) is 0.100. The topological polar surface area (TPSA) is 95.5 Å².